The van der Waals surface area contributed by atoms with Gasteiger partial charge in [-0.05, 0) is 18.2 Å². The van der Waals surface area contributed by atoms with E-state index in [1.807, 2.05) is 6.07 Å². The van der Waals surface area contributed by atoms with Crippen LogP contribution in [0.15, 0.2) is 23.2 Å². The van der Waals surface area contributed by atoms with Crippen LogP contribution in [0.2, 0.25) is 0 Å². The van der Waals surface area contributed by atoms with Gasteiger partial charge in [0.2, 0.25) is 0 Å². The molecule has 94 valence electrons. The Morgan fingerprint density at radius 1 is 1.18 bits per heavy atom. The number of methoxy groups -OCH3 is 3. The van der Waals surface area contributed by atoms with Gasteiger partial charge in [-0.1, -0.05) is 0 Å². The number of amidine groups is 1. The third-order valence-corrected chi connectivity index (χ3v) is 2.26. The normalized spacial score (nSPS) is 11.4. The van der Waals surface area contributed by atoms with Crippen molar-refractivity contribution in [1.29, 1.82) is 0 Å². The van der Waals surface area contributed by atoms with Crippen LogP contribution >= 0.6 is 0 Å². The van der Waals surface area contributed by atoms with E-state index in [2.05, 4.69) is 4.99 Å². The molecule has 0 heterocycles. The predicted octanol–water partition coefficient (Wildman–Crippen LogP) is 1.06. The lowest BCUT2D eigenvalue weighted by Crippen LogP contribution is -2.15. The first-order valence-corrected chi connectivity index (χ1v) is 5.24. The van der Waals surface area contributed by atoms with Crippen molar-refractivity contribution in [3.8, 4) is 11.5 Å². The molecule has 0 spiro atoms. The van der Waals surface area contributed by atoms with E-state index in [9.17, 15) is 0 Å². The lowest BCUT2D eigenvalue weighted by atomic mass is 10.2. The lowest BCUT2D eigenvalue weighted by Gasteiger charge is -2.09. The fourth-order valence-corrected chi connectivity index (χ4v) is 1.34. The van der Waals surface area contributed by atoms with Crippen LogP contribution < -0.4 is 15.2 Å². The highest BCUT2D eigenvalue weighted by molar-refractivity contribution is 5.98. The minimum absolute atomic E-state index is 0.461. The summed E-state index contributed by atoms with van der Waals surface area (Å²) in [5, 5.41) is 0. The molecule has 1 rings (SSSR count). The molecule has 17 heavy (non-hydrogen) atoms. The van der Waals surface area contributed by atoms with Crippen LogP contribution in [0.5, 0.6) is 11.5 Å². The average molecular weight is 238 g/mol. The topological polar surface area (TPSA) is 66.1 Å². The molecule has 5 heteroatoms. The van der Waals surface area contributed by atoms with Crippen molar-refractivity contribution in [3.05, 3.63) is 23.8 Å². The van der Waals surface area contributed by atoms with E-state index >= 15 is 0 Å². The highest BCUT2D eigenvalue weighted by atomic mass is 16.5. The van der Waals surface area contributed by atoms with Gasteiger partial charge in [-0.15, -0.1) is 0 Å². The average Bonchev–Trinajstić information content (AvgIpc) is 2.38. The Morgan fingerprint density at radius 3 is 2.47 bits per heavy atom. The lowest BCUT2D eigenvalue weighted by molar-refractivity contribution is 0.208. The Bertz CT molecular complexity index is 391. The summed E-state index contributed by atoms with van der Waals surface area (Å²) in [6.07, 6.45) is 0. The van der Waals surface area contributed by atoms with E-state index in [0.717, 1.165) is 5.56 Å². The molecular weight excluding hydrogens is 220 g/mol. The SMILES string of the molecule is COCCN=C(N)c1ccc(OC)c(OC)c1. The minimum Gasteiger partial charge on any atom is -0.493 e. The molecule has 0 amide bonds. The highest BCUT2D eigenvalue weighted by Gasteiger charge is 2.06. The van der Waals surface area contributed by atoms with E-state index in [1.165, 1.54) is 0 Å². The van der Waals surface area contributed by atoms with E-state index in [4.69, 9.17) is 19.9 Å². The Morgan fingerprint density at radius 2 is 1.88 bits per heavy atom. The molecule has 0 saturated heterocycles. The van der Waals surface area contributed by atoms with Gasteiger partial charge in [-0.2, -0.15) is 0 Å². The van der Waals surface area contributed by atoms with Crippen molar-refractivity contribution >= 4 is 5.84 Å². The maximum Gasteiger partial charge on any atom is 0.161 e. The number of hydrogen-bond acceptors (Lipinski definition) is 4. The van der Waals surface area contributed by atoms with E-state index in [1.54, 1.807) is 33.5 Å². The Balaban J connectivity index is 2.87. The van der Waals surface area contributed by atoms with Crippen LogP contribution in [-0.4, -0.2) is 40.3 Å². The second kappa shape index (κ2) is 6.75. The summed E-state index contributed by atoms with van der Waals surface area (Å²) in [5.74, 6) is 1.76. The number of ether oxygens (including phenoxy) is 3. The van der Waals surface area contributed by atoms with Crippen molar-refractivity contribution in [1.82, 2.24) is 0 Å². The van der Waals surface area contributed by atoms with Crippen LogP contribution in [0.3, 0.4) is 0 Å². The third kappa shape index (κ3) is 3.64. The molecule has 0 radical (unpaired) electrons. The van der Waals surface area contributed by atoms with Gasteiger partial charge in [0, 0.05) is 12.7 Å². The second-order valence-electron chi connectivity index (χ2n) is 3.33. The van der Waals surface area contributed by atoms with E-state index in [-0.39, 0.29) is 0 Å². The number of nitrogens with two attached hydrogens (primary N) is 1. The van der Waals surface area contributed by atoms with Gasteiger partial charge in [0.05, 0.1) is 27.4 Å². The van der Waals surface area contributed by atoms with Gasteiger partial charge in [0.15, 0.2) is 11.5 Å². The zero-order valence-corrected chi connectivity index (χ0v) is 10.4. The summed E-state index contributed by atoms with van der Waals surface area (Å²) in [7, 11) is 4.80. The summed E-state index contributed by atoms with van der Waals surface area (Å²) in [4.78, 5) is 4.19. The van der Waals surface area contributed by atoms with Crippen LogP contribution in [0.25, 0.3) is 0 Å². The number of rotatable bonds is 6. The number of hydrogen-bond donors (Lipinski definition) is 1. The Hall–Kier alpha value is -1.75. The van der Waals surface area contributed by atoms with Gasteiger partial charge in [-0.25, -0.2) is 0 Å². The van der Waals surface area contributed by atoms with Crippen LogP contribution in [0, 0.1) is 0 Å². The monoisotopic (exact) mass is 238 g/mol. The number of nitrogens with zero attached hydrogens (tertiary/aromatic N) is 1. The molecule has 0 aliphatic rings. The van der Waals surface area contributed by atoms with Gasteiger partial charge >= 0.3 is 0 Å². The van der Waals surface area contributed by atoms with Crippen LogP contribution in [-0.2, 0) is 4.74 Å². The molecule has 0 fully saturated rings. The van der Waals surface area contributed by atoms with Crippen molar-refractivity contribution in [2.75, 3.05) is 34.5 Å². The molecule has 0 aliphatic heterocycles. The standard InChI is InChI=1S/C12H18N2O3/c1-15-7-6-14-12(13)9-4-5-10(16-2)11(8-9)17-3/h4-5,8H,6-7H2,1-3H3,(H2,13,14). The fourth-order valence-electron chi connectivity index (χ4n) is 1.34. The second-order valence-corrected chi connectivity index (χ2v) is 3.33. The molecule has 0 unspecified atom stereocenters. The molecule has 1 aromatic rings. The summed E-state index contributed by atoms with van der Waals surface area (Å²) in [6.45, 7) is 1.09. The van der Waals surface area contributed by atoms with Crippen molar-refractivity contribution in [2.45, 2.75) is 0 Å². The van der Waals surface area contributed by atoms with Crippen LogP contribution in [0.1, 0.15) is 5.56 Å². The zero-order chi connectivity index (χ0) is 12.7. The van der Waals surface area contributed by atoms with Crippen molar-refractivity contribution in [2.24, 2.45) is 10.7 Å². The smallest absolute Gasteiger partial charge is 0.161 e. The first-order chi connectivity index (χ1) is 8.22. The zero-order valence-electron chi connectivity index (χ0n) is 10.4. The van der Waals surface area contributed by atoms with Gasteiger partial charge in [0.1, 0.15) is 5.84 Å². The summed E-state index contributed by atoms with van der Waals surface area (Å²) in [6, 6.07) is 5.43. The molecular formula is C12H18N2O3. The summed E-state index contributed by atoms with van der Waals surface area (Å²) < 4.78 is 15.2. The highest BCUT2D eigenvalue weighted by Crippen LogP contribution is 2.27. The van der Waals surface area contributed by atoms with Gasteiger partial charge in [-0.3, -0.25) is 4.99 Å². The van der Waals surface area contributed by atoms with E-state index in [0.29, 0.717) is 30.5 Å². The van der Waals surface area contributed by atoms with Crippen LogP contribution in [0.4, 0.5) is 0 Å². The van der Waals surface area contributed by atoms with Gasteiger partial charge < -0.3 is 19.9 Å². The molecule has 1 aromatic carbocycles. The minimum atomic E-state index is 0.461. The first kappa shape index (κ1) is 13.3. The maximum atomic E-state index is 5.85. The first-order valence-electron chi connectivity index (χ1n) is 5.24. The molecule has 0 saturated carbocycles. The molecule has 0 aromatic heterocycles. The number of aliphatic imine (C=N–C) groups is 1. The van der Waals surface area contributed by atoms with Crippen molar-refractivity contribution < 1.29 is 14.2 Å². The Kier molecular flexibility index (Phi) is 5.29. The summed E-state index contributed by atoms with van der Waals surface area (Å²) >= 11 is 0. The fraction of sp³-hybridized carbons (Fsp3) is 0.417. The van der Waals surface area contributed by atoms with Gasteiger partial charge in [0.25, 0.3) is 0 Å². The molecule has 0 bridgehead atoms. The molecule has 5 nitrogen and oxygen atoms in total. The largest absolute Gasteiger partial charge is 0.493 e. The summed E-state index contributed by atoms with van der Waals surface area (Å²) in [5.41, 5.74) is 6.65. The quantitative estimate of drug-likeness (QED) is 0.457. The van der Waals surface area contributed by atoms with E-state index < -0.39 is 0 Å². The molecule has 0 atom stereocenters. The third-order valence-electron chi connectivity index (χ3n) is 2.26. The molecule has 2 N–H and O–H groups in total. The molecule has 0 aliphatic carbocycles. The maximum absolute atomic E-state index is 5.85. The Labute approximate surface area is 101 Å². The number of benzene rings is 1. The predicted molar refractivity (Wildman–Crippen MR) is 67.0 cm³/mol. The van der Waals surface area contributed by atoms with Crippen molar-refractivity contribution in [3.63, 3.8) is 0 Å².